The number of alkyl halides is 3. The molecule has 0 aliphatic heterocycles. The van der Waals surface area contributed by atoms with Crippen molar-refractivity contribution in [2.24, 2.45) is 0 Å². The van der Waals surface area contributed by atoms with Crippen LogP contribution in [-0.2, 0) is 19.0 Å². The Bertz CT molecular complexity index is 1280. The molecular formula is C21H15ClF4N4O2. The predicted octanol–water partition coefficient (Wildman–Crippen LogP) is 4.93. The first-order valence-electron chi connectivity index (χ1n) is 9.43. The molecule has 0 unspecified atom stereocenters. The van der Waals surface area contributed by atoms with Crippen LogP contribution in [-0.4, -0.2) is 27.6 Å². The van der Waals surface area contributed by atoms with E-state index in [2.05, 4.69) is 20.4 Å². The summed E-state index contributed by atoms with van der Waals surface area (Å²) in [6.07, 6.45) is -2.88. The molecule has 0 saturated heterocycles. The Kier molecular flexibility index (Phi) is 5.88. The lowest BCUT2D eigenvalue weighted by atomic mass is 10.1. The van der Waals surface area contributed by atoms with Gasteiger partial charge < -0.3 is 14.8 Å². The molecule has 0 bridgehead atoms. The molecule has 0 saturated carbocycles. The van der Waals surface area contributed by atoms with Gasteiger partial charge in [0.15, 0.2) is 0 Å². The number of amides is 1. The van der Waals surface area contributed by atoms with Crippen LogP contribution in [0.25, 0.3) is 10.9 Å². The summed E-state index contributed by atoms with van der Waals surface area (Å²) in [6.45, 7) is 0.268. The summed E-state index contributed by atoms with van der Waals surface area (Å²) < 4.78 is 57.6. The van der Waals surface area contributed by atoms with Crippen molar-refractivity contribution in [2.75, 3.05) is 6.54 Å². The van der Waals surface area contributed by atoms with Crippen LogP contribution in [0.4, 0.5) is 17.6 Å². The van der Waals surface area contributed by atoms with Crippen LogP contribution in [0.1, 0.15) is 33.2 Å². The van der Waals surface area contributed by atoms with Crippen LogP contribution in [0.2, 0.25) is 5.02 Å². The van der Waals surface area contributed by atoms with E-state index in [1.54, 1.807) is 6.07 Å². The van der Waals surface area contributed by atoms with Crippen molar-refractivity contribution >= 4 is 28.4 Å². The number of H-pyrrole nitrogens is 1. The van der Waals surface area contributed by atoms with Crippen molar-refractivity contribution in [1.29, 1.82) is 0 Å². The minimum Gasteiger partial charge on any atom is -0.361 e. The van der Waals surface area contributed by atoms with Gasteiger partial charge in [0, 0.05) is 28.7 Å². The number of hydrogen-bond acceptors (Lipinski definition) is 4. The van der Waals surface area contributed by atoms with Gasteiger partial charge in [-0.05, 0) is 41.8 Å². The molecule has 4 aromatic rings. The van der Waals surface area contributed by atoms with Gasteiger partial charge in [-0.25, -0.2) is 4.39 Å². The third-order valence-electron chi connectivity index (χ3n) is 4.81. The van der Waals surface area contributed by atoms with Crippen molar-refractivity contribution in [2.45, 2.75) is 19.0 Å². The maximum Gasteiger partial charge on any atom is 0.419 e. The largest absolute Gasteiger partial charge is 0.419 e. The summed E-state index contributed by atoms with van der Waals surface area (Å²) in [6, 6.07) is 8.36. The second-order valence-electron chi connectivity index (χ2n) is 6.97. The van der Waals surface area contributed by atoms with Gasteiger partial charge in [0.2, 0.25) is 5.89 Å². The molecule has 11 heteroatoms. The number of carbonyl (C=O) groups is 1. The Balaban J connectivity index is 1.38. The molecule has 2 aromatic heterocycles. The number of rotatable bonds is 6. The molecule has 0 aliphatic carbocycles. The number of carbonyl (C=O) groups excluding carboxylic acids is 1. The third-order valence-corrected chi connectivity index (χ3v) is 5.04. The number of aromatic nitrogens is 3. The average molecular weight is 467 g/mol. The minimum atomic E-state index is -4.82. The maximum atomic E-state index is 14.2. The van der Waals surface area contributed by atoms with Crippen LogP contribution >= 0.6 is 11.6 Å². The zero-order chi connectivity index (χ0) is 22.9. The van der Waals surface area contributed by atoms with Crippen molar-refractivity contribution in [3.8, 4) is 0 Å². The Hall–Kier alpha value is -3.40. The SMILES string of the molecule is O=C(NCCc1c[nH]c2ccc(Cl)cc12)c1noc(Cc2cccc(C(F)(F)F)c2F)n1. The van der Waals surface area contributed by atoms with Crippen LogP contribution in [0.3, 0.4) is 0 Å². The lowest BCUT2D eigenvalue weighted by molar-refractivity contribution is -0.140. The quantitative estimate of drug-likeness (QED) is 0.395. The topological polar surface area (TPSA) is 83.8 Å². The molecule has 32 heavy (non-hydrogen) atoms. The first-order valence-corrected chi connectivity index (χ1v) is 9.81. The highest BCUT2D eigenvalue weighted by Crippen LogP contribution is 2.32. The molecule has 0 radical (unpaired) electrons. The smallest absolute Gasteiger partial charge is 0.361 e. The maximum absolute atomic E-state index is 14.2. The van der Waals surface area contributed by atoms with E-state index in [0.717, 1.165) is 22.5 Å². The summed E-state index contributed by atoms with van der Waals surface area (Å²) in [5.41, 5.74) is 0.219. The Morgan fingerprint density at radius 3 is 2.78 bits per heavy atom. The monoisotopic (exact) mass is 466 g/mol. The van der Waals surface area contributed by atoms with E-state index in [-0.39, 0.29) is 30.2 Å². The highest BCUT2D eigenvalue weighted by molar-refractivity contribution is 6.31. The predicted molar refractivity (Wildman–Crippen MR) is 108 cm³/mol. The van der Waals surface area contributed by atoms with E-state index in [0.29, 0.717) is 17.5 Å². The number of nitrogens with zero attached hydrogens (tertiary/aromatic N) is 2. The van der Waals surface area contributed by atoms with Crippen molar-refractivity contribution < 1.29 is 26.9 Å². The van der Waals surface area contributed by atoms with Crippen molar-refractivity contribution in [3.05, 3.63) is 81.8 Å². The molecule has 2 aromatic carbocycles. The van der Waals surface area contributed by atoms with Gasteiger partial charge in [0.1, 0.15) is 5.82 Å². The lowest BCUT2D eigenvalue weighted by Gasteiger charge is -2.09. The van der Waals surface area contributed by atoms with Crippen molar-refractivity contribution in [1.82, 2.24) is 20.4 Å². The minimum absolute atomic E-state index is 0.181. The highest BCUT2D eigenvalue weighted by atomic mass is 35.5. The van der Waals surface area contributed by atoms with Crippen LogP contribution in [0, 0.1) is 5.82 Å². The second-order valence-corrected chi connectivity index (χ2v) is 7.41. The van der Waals surface area contributed by atoms with Gasteiger partial charge in [-0.2, -0.15) is 18.2 Å². The van der Waals surface area contributed by atoms with Gasteiger partial charge in [0.05, 0.1) is 12.0 Å². The average Bonchev–Trinajstić information content (AvgIpc) is 3.36. The van der Waals surface area contributed by atoms with Crippen LogP contribution in [0.15, 0.2) is 47.1 Å². The van der Waals surface area contributed by atoms with Crippen LogP contribution < -0.4 is 5.32 Å². The zero-order valence-corrected chi connectivity index (χ0v) is 17.0. The van der Waals surface area contributed by atoms with Crippen molar-refractivity contribution in [3.63, 3.8) is 0 Å². The normalized spacial score (nSPS) is 11.8. The molecule has 1 amide bonds. The Morgan fingerprint density at radius 2 is 2.00 bits per heavy atom. The molecule has 2 heterocycles. The second kappa shape index (κ2) is 8.62. The zero-order valence-electron chi connectivity index (χ0n) is 16.3. The van der Waals surface area contributed by atoms with E-state index in [1.165, 1.54) is 6.07 Å². The van der Waals surface area contributed by atoms with E-state index in [4.69, 9.17) is 16.1 Å². The van der Waals surface area contributed by atoms with E-state index in [1.807, 2.05) is 18.3 Å². The van der Waals surface area contributed by atoms with E-state index >= 15 is 0 Å². The fourth-order valence-electron chi connectivity index (χ4n) is 3.26. The first kappa shape index (κ1) is 21.8. The lowest BCUT2D eigenvalue weighted by Crippen LogP contribution is -2.26. The molecule has 6 nitrogen and oxygen atoms in total. The molecular weight excluding hydrogens is 452 g/mol. The number of aromatic amines is 1. The van der Waals surface area contributed by atoms with Gasteiger partial charge in [0.25, 0.3) is 11.7 Å². The van der Waals surface area contributed by atoms with Gasteiger partial charge in [-0.15, -0.1) is 0 Å². The molecule has 4 rings (SSSR count). The highest BCUT2D eigenvalue weighted by Gasteiger charge is 2.35. The van der Waals surface area contributed by atoms with Gasteiger partial charge in [-0.3, -0.25) is 4.79 Å². The summed E-state index contributed by atoms with van der Waals surface area (Å²) in [5.74, 6) is -2.51. The molecule has 0 fully saturated rings. The Morgan fingerprint density at radius 1 is 1.19 bits per heavy atom. The van der Waals surface area contributed by atoms with E-state index in [9.17, 15) is 22.4 Å². The Labute approximate surface area is 183 Å². The summed E-state index contributed by atoms with van der Waals surface area (Å²) >= 11 is 6.02. The molecule has 0 spiro atoms. The third kappa shape index (κ3) is 4.59. The fraction of sp³-hybridized carbons (Fsp3) is 0.190. The first-order chi connectivity index (χ1) is 15.2. The summed E-state index contributed by atoms with van der Waals surface area (Å²) in [4.78, 5) is 19.2. The van der Waals surface area contributed by atoms with Crippen LogP contribution in [0.5, 0.6) is 0 Å². The number of hydrogen-bond donors (Lipinski definition) is 2. The fourth-order valence-corrected chi connectivity index (χ4v) is 3.44. The number of fused-ring (bicyclic) bond motifs is 1. The molecule has 2 N–H and O–H groups in total. The van der Waals surface area contributed by atoms with Gasteiger partial charge >= 0.3 is 6.18 Å². The number of benzene rings is 2. The van der Waals surface area contributed by atoms with E-state index < -0.39 is 23.5 Å². The number of nitrogens with one attached hydrogen (secondary N) is 2. The summed E-state index contributed by atoms with van der Waals surface area (Å²) in [7, 11) is 0. The standard InChI is InChI=1S/C21H15ClF4N4O2/c22-13-4-5-16-14(9-13)12(10-28-16)6-7-27-20(31)19-29-17(32-30-19)8-11-2-1-3-15(18(11)23)21(24,25)26/h1-5,9-10,28H,6-8H2,(H,27,31). The summed E-state index contributed by atoms with van der Waals surface area (Å²) in [5, 5.41) is 7.70. The molecule has 166 valence electrons. The molecule has 0 atom stereocenters. The van der Waals surface area contributed by atoms with Gasteiger partial charge in [-0.1, -0.05) is 28.9 Å². The molecule has 0 aliphatic rings. The number of halogens is 5.